The fourth-order valence-electron chi connectivity index (χ4n) is 3.94. The molecule has 1 aromatic heterocycles. The lowest BCUT2D eigenvalue weighted by Gasteiger charge is -2.50. The van der Waals surface area contributed by atoms with E-state index in [4.69, 9.17) is 15.2 Å². The Morgan fingerprint density at radius 3 is 2.45 bits per heavy atom. The van der Waals surface area contributed by atoms with Gasteiger partial charge in [0.05, 0.1) is 12.5 Å². The van der Waals surface area contributed by atoms with Crippen molar-refractivity contribution in [1.29, 1.82) is 0 Å². The molecule has 13 nitrogen and oxygen atoms in total. The third kappa shape index (κ3) is 7.20. The number of hydrogen-bond donors (Lipinski definition) is 4. The summed E-state index contributed by atoms with van der Waals surface area (Å²) in [5, 5.41) is 16.1. The lowest BCUT2D eigenvalue weighted by molar-refractivity contribution is -0.156. The molecule has 1 unspecified atom stereocenters. The highest BCUT2D eigenvalue weighted by molar-refractivity contribution is 8.00. The van der Waals surface area contributed by atoms with E-state index >= 15 is 0 Å². The van der Waals surface area contributed by atoms with Gasteiger partial charge < -0.3 is 30.9 Å². The standard InChI is InChI=1S/C25H32N4O9S2/c1-11(26)18(31)19(37-23(35)12(2)27-24(36)38-25(3,4)5)14-10-40-21-16(20(32)29(21)17(14)22(33)34)28-15(30)9-13-7-6-8-39-13/h6-8,11-12,16,19,21H,9-10,26H2,1-5H3,(H,27,36)(H,28,30)(H,33,34)/t11-,12-,16+,19?,21-/m0/s1. The highest BCUT2D eigenvalue weighted by Gasteiger charge is 2.55. The minimum absolute atomic E-state index is 0.0716. The van der Waals surface area contributed by atoms with Gasteiger partial charge in [0.2, 0.25) is 5.91 Å². The van der Waals surface area contributed by atoms with Crippen molar-refractivity contribution in [3.63, 3.8) is 0 Å². The van der Waals surface area contributed by atoms with Crippen LogP contribution in [-0.2, 0) is 39.9 Å². The molecule has 0 saturated carbocycles. The maximum atomic E-state index is 13.0. The van der Waals surface area contributed by atoms with Crippen LogP contribution in [0.25, 0.3) is 0 Å². The summed E-state index contributed by atoms with van der Waals surface area (Å²) < 4.78 is 10.5. The molecule has 0 radical (unpaired) electrons. The van der Waals surface area contributed by atoms with Crippen molar-refractivity contribution in [3.8, 4) is 0 Å². The fraction of sp³-hybridized carbons (Fsp3) is 0.520. The van der Waals surface area contributed by atoms with Gasteiger partial charge in [-0.2, -0.15) is 0 Å². The zero-order chi connectivity index (χ0) is 29.9. The van der Waals surface area contributed by atoms with Crippen LogP contribution >= 0.6 is 23.1 Å². The molecule has 3 heterocycles. The number of carboxylic acid groups (broad SMARTS) is 1. The molecule has 5 atom stereocenters. The lowest BCUT2D eigenvalue weighted by Crippen LogP contribution is -2.71. The first-order valence-corrected chi connectivity index (χ1v) is 14.3. The number of β-lactam (4-membered cyclic amide) rings is 1. The van der Waals surface area contributed by atoms with Crippen LogP contribution in [-0.4, -0.2) is 86.6 Å². The van der Waals surface area contributed by atoms with Crippen molar-refractivity contribution in [2.24, 2.45) is 5.73 Å². The van der Waals surface area contributed by atoms with E-state index in [1.165, 1.54) is 25.2 Å². The first-order valence-electron chi connectivity index (χ1n) is 12.3. The van der Waals surface area contributed by atoms with Crippen molar-refractivity contribution < 1.29 is 43.3 Å². The third-order valence-electron chi connectivity index (χ3n) is 5.78. The number of carbonyl (C=O) groups is 6. The summed E-state index contributed by atoms with van der Waals surface area (Å²) >= 11 is 2.50. The fourth-order valence-corrected chi connectivity index (χ4v) is 6.02. The molecule has 218 valence electrons. The predicted octanol–water partition coefficient (Wildman–Crippen LogP) is 0.771. The Labute approximate surface area is 238 Å². The molecule has 1 saturated heterocycles. The Hall–Kier alpha value is -3.43. The van der Waals surface area contributed by atoms with Gasteiger partial charge in [-0.15, -0.1) is 23.1 Å². The van der Waals surface area contributed by atoms with Crippen LogP contribution in [0.3, 0.4) is 0 Å². The first kappa shape index (κ1) is 31.1. The summed E-state index contributed by atoms with van der Waals surface area (Å²) in [6.45, 7) is 7.56. The summed E-state index contributed by atoms with van der Waals surface area (Å²) in [7, 11) is 0. The largest absolute Gasteiger partial charge is 0.477 e. The Morgan fingerprint density at radius 1 is 1.23 bits per heavy atom. The molecule has 0 aromatic carbocycles. The highest BCUT2D eigenvalue weighted by atomic mass is 32.2. The lowest BCUT2D eigenvalue weighted by atomic mass is 9.96. The second-order valence-corrected chi connectivity index (χ2v) is 12.4. The van der Waals surface area contributed by atoms with Crippen molar-refractivity contribution in [2.45, 2.75) is 76.2 Å². The number of ketones is 1. The molecule has 5 N–H and O–H groups in total. The Kier molecular flexibility index (Phi) is 9.64. The van der Waals surface area contributed by atoms with Gasteiger partial charge in [-0.05, 0) is 46.1 Å². The normalized spacial score (nSPS) is 20.9. The minimum atomic E-state index is -1.73. The van der Waals surface area contributed by atoms with Crippen LogP contribution in [0.15, 0.2) is 28.8 Å². The van der Waals surface area contributed by atoms with Crippen molar-refractivity contribution in [1.82, 2.24) is 15.5 Å². The number of rotatable bonds is 10. The number of Topliss-reactive ketones (excluding diaryl/α,β-unsaturated/α-hetero) is 1. The number of alkyl carbamates (subject to hydrolysis) is 1. The average molecular weight is 597 g/mol. The van der Waals surface area contributed by atoms with Crippen LogP contribution in [0.4, 0.5) is 4.79 Å². The van der Waals surface area contributed by atoms with Gasteiger partial charge in [-0.3, -0.25) is 19.3 Å². The number of nitrogens with zero attached hydrogens (tertiary/aromatic N) is 1. The van der Waals surface area contributed by atoms with Crippen LogP contribution in [0.2, 0.25) is 0 Å². The van der Waals surface area contributed by atoms with E-state index in [1.54, 1.807) is 32.9 Å². The van der Waals surface area contributed by atoms with Crippen molar-refractivity contribution in [2.75, 3.05) is 5.75 Å². The second kappa shape index (κ2) is 12.4. The van der Waals surface area contributed by atoms with Crippen LogP contribution in [0.1, 0.15) is 39.5 Å². The van der Waals surface area contributed by atoms with E-state index in [1.807, 2.05) is 5.38 Å². The van der Waals surface area contributed by atoms with E-state index in [-0.39, 0.29) is 17.7 Å². The summed E-state index contributed by atoms with van der Waals surface area (Å²) in [6, 6.07) is 0.217. The third-order valence-corrected chi connectivity index (χ3v) is 7.95. The number of carbonyl (C=O) groups excluding carboxylic acids is 5. The number of thiophene rings is 1. The number of amides is 3. The number of thioether (sulfide) groups is 1. The van der Waals surface area contributed by atoms with Gasteiger partial charge in [-0.25, -0.2) is 14.4 Å². The Morgan fingerprint density at radius 2 is 1.90 bits per heavy atom. The van der Waals surface area contributed by atoms with Crippen LogP contribution in [0, 0.1) is 0 Å². The number of carboxylic acids is 1. The summed E-state index contributed by atoms with van der Waals surface area (Å²) in [5.74, 6) is -4.52. The van der Waals surface area contributed by atoms with E-state index < -0.39 is 76.5 Å². The Balaban J connectivity index is 1.81. The molecule has 1 fully saturated rings. The number of aliphatic carboxylic acids is 1. The van der Waals surface area contributed by atoms with Crippen molar-refractivity contribution in [3.05, 3.63) is 33.7 Å². The van der Waals surface area contributed by atoms with Gasteiger partial charge in [0.15, 0.2) is 11.9 Å². The number of nitrogens with two attached hydrogens (primary N) is 1. The van der Waals surface area contributed by atoms with Gasteiger partial charge in [0, 0.05) is 16.2 Å². The molecular formula is C25H32N4O9S2. The molecule has 0 aliphatic carbocycles. The first-order chi connectivity index (χ1) is 18.6. The molecular weight excluding hydrogens is 564 g/mol. The van der Waals surface area contributed by atoms with Gasteiger partial charge >= 0.3 is 18.0 Å². The second-order valence-electron chi connectivity index (χ2n) is 10.3. The van der Waals surface area contributed by atoms with E-state index in [0.717, 1.165) is 21.5 Å². The molecule has 2 aliphatic heterocycles. The Bertz CT molecular complexity index is 1220. The molecule has 1 aromatic rings. The minimum Gasteiger partial charge on any atom is -0.477 e. The number of nitrogens with one attached hydrogen (secondary N) is 2. The molecule has 0 spiro atoms. The highest BCUT2D eigenvalue weighted by Crippen LogP contribution is 2.42. The topological polar surface area (TPSA) is 194 Å². The number of esters is 1. The molecule has 40 heavy (non-hydrogen) atoms. The maximum Gasteiger partial charge on any atom is 0.408 e. The quantitative estimate of drug-likeness (QED) is 0.220. The molecule has 0 bridgehead atoms. The summed E-state index contributed by atoms with van der Waals surface area (Å²) in [5.41, 5.74) is 4.29. The monoisotopic (exact) mass is 596 g/mol. The molecule has 2 aliphatic rings. The number of hydrogen-bond acceptors (Lipinski definition) is 11. The number of fused-ring (bicyclic) bond motifs is 1. The summed E-state index contributed by atoms with van der Waals surface area (Å²) in [4.78, 5) is 77.5. The van der Waals surface area contributed by atoms with Crippen LogP contribution < -0.4 is 16.4 Å². The van der Waals surface area contributed by atoms with Crippen molar-refractivity contribution >= 4 is 58.7 Å². The zero-order valence-corrected chi connectivity index (χ0v) is 24.2. The van der Waals surface area contributed by atoms with E-state index in [0.29, 0.717) is 0 Å². The average Bonchev–Trinajstić information content (AvgIpc) is 3.35. The number of ether oxygens (including phenoxy) is 2. The summed E-state index contributed by atoms with van der Waals surface area (Å²) in [6.07, 6.45) is -2.55. The zero-order valence-electron chi connectivity index (χ0n) is 22.6. The molecule has 3 amide bonds. The molecule has 15 heteroatoms. The van der Waals surface area contributed by atoms with Gasteiger partial charge in [-0.1, -0.05) is 6.07 Å². The maximum absolute atomic E-state index is 13.0. The molecule has 3 rings (SSSR count). The van der Waals surface area contributed by atoms with E-state index in [2.05, 4.69) is 10.6 Å². The SMILES string of the molecule is C[C@H](N)C(=O)C(OC(=O)[C@H](C)NC(=O)OC(C)(C)C)C1=C(C(=O)O)N2C(=O)[C@@H](NC(=O)Cc3cccs3)[C@@H]2SC1. The van der Waals surface area contributed by atoms with Gasteiger partial charge in [0.25, 0.3) is 5.91 Å². The van der Waals surface area contributed by atoms with E-state index in [9.17, 15) is 33.9 Å². The predicted molar refractivity (Wildman–Crippen MR) is 145 cm³/mol. The van der Waals surface area contributed by atoms with Crippen LogP contribution in [0.5, 0.6) is 0 Å². The van der Waals surface area contributed by atoms with Gasteiger partial charge in [0.1, 0.15) is 28.8 Å². The smallest absolute Gasteiger partial charge is 0.408 e.